The van der Waals surface area contributed by atoms with Gasteiger partial charge >= 0.3 is 6.18 Å². The summed E-state index contributed by atoms with van der Waals surface area (Å²) in [7, 11) is 0. The number of nitrogens with zero attached hydrogens (tertiary/aromatic N) is 1. The van der Waals surface area contributed by atoms with Gasteiger partial charge in [-0.25, -0.2) is 4.98 Å². The summed E-state index contributed by atoms with van der Waals surface area (Å²) in [6, 6.07) is 4.00. The molecule has 2 aromatic heterocycles. The lowest BCUT2D eigenvalue weighted by Crippen LogP contribution is -2.26. The zero-order valence-corrected chi connectivity index (χ0v) is 14.9. The van der Waals surface area contributed by atoms with Gasteiger partial charge in [0.15, 0.2) is 0 Å². The number of thioether (sulfide) groups is 1. The van der Waals surface area contributed by atoms with Gasteiger partial charge in [0.25, 0.3) is 5.91 Å². The Morgan fingerprint density at radius 2 is 2.04 bits per heavy atom. The molecule has 0 bridgehead atoms. The topological polar surface area (TPSA) is 71.1 Å². The molecule has 138 valence electrons. The molecule has 1 fully saturated rings. The van der Waals surface area contributed by atoms with Gasteiger partial charge in [-0.05, 0) is 36.4 Å². The van der Waals surface area contributed by atoms with Gasteiger partial charge in [0.1, 0.15) is 5.00 Å². The van der Waals surface area contributed by atoms with Crippen molar-refractivity contribution in [2.24, 2.45) is 0 Å². The second-order valence-electron chi connectivity index (χ2n) is 5.63. The van der Waals surface area contributed by atoms with Crippen molar-refractivity contribution in [1.82, 2.24) is 10.3 Å². The highest BCUT2D eigenvalue weighted by atomic mass is 32.2. The second kappa shape index (κ2) is 7.67. The SMILES string of the molecule is O=C(CSc1ccc(C(F)(F)F)cn1)Nc1sccc1C(=O)NC1CC1. The molecule has 5 nitrogen and oxygen atoms in total. The van der Waals surface area contributed by atoms with Crippen LogP contribution in [-0.4, -0.2) is 28.6 Å². The number of nitrogens with one attached hydrogen (secondary N) is 2. The van der Waals surface area contributed by atoms with Gasteiger partial charge in [0, 0.05) is 12.2 Å². The predicted octanol–water partition coefficient (Wildman–Crippen LogP) is 3.78. The third kappa shape index (κ3) is 4.98. The number of pyridine rings is 1. The molecular formula is C16H14F3N3O2S2. The lowest BCUT2D eigenvalue weighted by atomic mass is 10.3. The van der Waals surface area contributed by atoms with Crippen molar-refractivity contribution < 1.29 is 22.8 Å². The van der Waals surface area contributed by atoms with Crippen LogP contribution in [0.15, 0.2) is 34.8 Å². The van der Waals surface area contributed by atoms with Crippen molar-refractivity contribution in [2.45, 2.75) is 30.1 Å². The molecule has 0 aliphatic heterocycles. The fraction of sp³-hybridized carbons (Fsp3) is 0.312. The summed E-state index contributed by atoms with van der Waals surface area (Å²) in [5, 5.41) is 7.99. The van der Waals surface area contributed by atoms with Crippen molar-refractivity contribution in [2.75, 3.05) is 11.1 Å². The molecule has 0 aromatic carbocycles. The number of hydrogen-bond acceptors (Lipinski definition) is 5. The molecular weight excluding hydrogens is 387 g/mol. The molecule has 0 atom stereocenters. The third-order valence-corrected chi connectivity index (χ3v) is 5.26. The first-order valence-electron chi connectivity index (χ1n) is 7.67. The van der Waals surface area contributed by atoms with Crippen LogP contribution in [0.3, 0.4) is 0 Å². The summed E-state index contributed by atoms with van der Waals surface area (Å²) < 4.78 is 37.5. The average Bonchev–Trinajstić information content (AvgIpc) is 3.28. The monoisotopic (exact) mass is 401 g/mol. The van der Waals surface area contributed by atoms with E-state index in [1.54, 1.807) is 11.4 Å². The highest BCUT2D eigenvalue weighted by Crippen LogP contribution is 2.30. The molecule has 0 saturated heterocycles. The maximum absolute atomic E-state index is 12.5. The Labute approximate surface area is 155 Å². The number of amides is 2. The van der Waals surface area contributed by atoms with Crippen molar-refractivity contribution in [3.8, 4) is 0 Å². The number of hydrogen-bond donors (Lipinski definition) is 2. The molecule has 2 amide bonds. The van der Waals surface area contributed by atoms with E-state index in [2.05, 4.69) is 15.6 Å². The zero-order valence-electron chi connectivity index (χ0n) is 13.3. The van der Waals surface area contributed by atoms with Gasteiger partial charge in [-0.15, -0.1) is 11.3 Å². The maximum Gasteiger partial charge on any atom is 0.417 e. The molecule has 1 aliphatic carbocycles. The van der Waals surface area contributed by atoms with E-state index in [1.807, 2.05) is 0 Å². The van der Waals surface area contributed by atoms with E-state index in [0.29, 0.717) is 15.6 Å². The van der Waals surface area contributed by atoms with Crippen LogP contribution in [0.1, 0.15) is 28.8 Å². The van der Waals surface area contributed by atoms with E-state index in [9.17, 15) is 22.8 Å². The van der Waals surface area contributed by atoms with E-state index in [0.717, 1.165) is 36.9 Å². The summed E-state index contributed by atoms with van der Waals surface area (Å²) in [4.78, 5) is 27.8. The van der Waals surface area contributed by atoms with E-state index >= 15 is 0 Å². The Bertz CT molecular complexity index is 802. The minimum Gasteiger partial charge on any atom is -0.349 e. The van der Waals surface area contributed by atoms with Crippen LogP contribution in [0.25, 0.3) is 0 Å². The predicted molar refractivity (Wildman–Crippen MR) is 93.4 cm³/mol. The standard InChI is InChI=1S/C16H14F3N3O2S2/c17-16(18,19)9-1-4-13(20-7-9)26-8-12(23)22-15-11(5-6-25-15)14(24)21-10-2-3-10/h1,4-7,10H,2-3,8H2,(H,21,24)(H,22,23). The number of thiophene rings is 1. The fourth-order valence-corrected chi connectivity index (χ4v) is 3.45. The van der Waals surface area contributed by atoms with Gasteiger partial charge in [0.05, 0.1) is 21.9 Å². The molecule has 2 aromatic rings. The molecule has 0 spiro atoms. The Morgan fingerprint density at radius 1 is 1.27 bits per heavy atom. The summed E-state index contributed by atoms with van der Waals surface area (Å²) in [5.41, 5.74) is -0.427. The quantitative estimate of drug-likeness (QED) is 0.723. The Balaban J connectivity index is 1.53. The normalized spacial score (nSPS) is 14.1. The molecule has 2 heterocycles. The molecule has 2 N–H and O–H groups in total. The number of carbonyl (C=O) groups is 2. The van der Waals surface area contributed by atoms with Crippen molar-refractivity contribution in [3.63, 3.8) is 0 Å². The lowest BCUT2D eigenvalue weighted by Gasteiger charge is -2.08. The Morgan fingerprint density at radius 3 is 2.65 bits per heavy atom. The minimum atomic E-state index is -4.44. The number of anilines is 1. The molecule has 0 radical (unpaired) electrons. The van der Waals surface area contributed by atoms with E-state index in [4.69, 9.17) is 0 Å². The van der Waals surface area contributed by atoms with Gasteiger partial charge in [-0.2, -0.15) is 13.2 Å². The van der Waals surface area contributed by atoms with Crippen LogP contribution in [0.5, 0.6) is 0 Å². The molecule has 10 heteroatoms. The molecule has 1 aliphatic rings. The number of halogens is 3. The molecule has 26 heavy (non-hydrogen) atoms. The van der Waals surface area contributed by atoms with Gasteiger partial charge < -0.3 is 10.6 Å². The first-order valence-corrected chi connectivity index (χ1v) is 9.53. The number of alkyl halides is 3. The zero-order chi connectivity index (χ0) is 18.7. The molecule has 3 rings (SSSR count). The first kappa shape index (κ1) is 18.7. The number of rotatable bonds is 6. The smallest absolute Gasteiger partial charge is 0.349 e. The lowest BCUT2D eigenvalue weighted by molar-refractivity contribution is -0.137. The Hall–Kier alpha value is -2.07. The van der Waals surface area contributed by atoms with Gasteiger partial charge in [0.2, 0.25) is 5.91 Å². The van der Waals surface area contributed by atoms with Gasteiger partial charge in [-0.1, -0.05) is 11.8 Å². The largest absolute Gasteiger partial charge is 0.417 e. The van der Waals surface area contributed by atoms with Crippen LogP contribution in [0, 0.1) is 0 Å². The first-order chi connectivity index (χ1) is 12.3. The minimum absolute atomic E-state index is 0.0278. The van der Waals surface area contributed by atoms with Crippen LogP contribution in [0.2, 0.25) is 0 Å². The van der Waals surface area contributed by atoms with Crippen LogP contribution in [0.4, 0.5) is 18.2 Å². The highest BCUT2D eigenvalue weighted by molar-refractivity contribution is 7.99. The third-order valence-electron chi connectivity index (χ3n) is 3.49. The molecule has 1 saturated carbocycles. The highest BCUT2D eigenvalue weighted by Gasteiger charge is 2.30. The second-order valence-corrected chi connectivity index (χ2v) is 7.54. The Kier molecular flexibility index (Phi) is 5.52. The summed E-state index contributed by atoms with van der Waals surface area (Å²) >= 11 is 2.26. The van der Waals surface area contributed by atoms with Crippen molar-refractivity contribution in [3.05, 3.63) is 40.9 Å². The maximum atomic E-state index is 12.5. The van der Waals surface area contributed by atoms with E-state index in [1.165, 1.54) is 17.4 Å². The van der Waals surface area contributed by atoms with E-state index in [-0.39, 0.29) is 23.6 Å². The molecule has 0 unspecified atom stereocenters. The number of carbonyl (C=O) groups excluding carboxylic acids is 2. The summed E-state index contributed by atoms with van der Waals surface area (Å²) in [6.45, 7) is 0. The van der Waals surface area contributed by atoms with Crippen molar-refractivity contribution >= 4 is 39.9 Å². The number of aromatic nitrogens is 1. The van der Waals surface area contributed by atoms with E-state index < -0.39 is 11.7 Å². The van der Waals surface area contributed by atoms with Crippen LogP contribution >= 0.6 is 23.1 Å². The van der Waals surface area contributed by atoms with Crippen LogP contribution in [-0.2, 0) is 11.0 Å². The van der Waals surface area contributed by atoms with Crippen molar-refractivity contribution in [1.29, 1.82) is 0 Å². The average molecular weight is 401 g/mol. The van der Waals surface area contributed by atoms with Gasteiger partial charge in [-0.3, -0.25) is 9.59 Å². The van der Waals surface area contributed by atoms with Crippen LogP contribution < -0.4 is 10.6 Å². The fourth-order valence-electron chi connectivity index (χ4n) is 2.01. The summed E-state index contributed by atoms with van der Waals surface area (Å²) in [6.07, 6.45) is -1.77. The summed E-state index contributed by atoms with van der Waals surface area (Å²) in [5.74, 6) is -0.610.